The summed E-state index contributed by atoms with van der Waals surface area (Å²) in [4.78, 5) is 3.45. The Labute approximate surface area is 126 Å². The SMILES string of the molecule is CCCN(CCN(C)C)S(=O)(=O)c1csc(CNC)c1. The predicted molar refractivity (Wildman–Crippen MR) is 84.7 cm³/mol. The van der Waals surface area contributed by atoms with Gasteiger partial charge in [-0.2, -0.15) is 4.31 Å². The lowest BCUT2D eigenvalue weighted by Gasteiger charge is -2.22. The summed E-state index contributed by atoms with van der Waals surface area (Å²) < 4.78 is 26.9. The molecule has 0 atom stereocenters. The van der Waals surface area contributed by atoms with Crippen molar-refractivity contribution in [3.63, 3.8) is 0 Å². The lowest BCUT2D eigenvalue weighted by atomic mass is 10.4. The normalized spacial score (nSPS) is 12.5. The molecule has 0 radical (unpaired) electrons. The van der Waals surface area contributed by atoms with E-state index in [2.05, 4.69) is 5.32 Å². The Balaban J connectivity index is 2.90. The summed E-state index contributed by atoms with van der Waals surface area (Å²) in [6.07, 6.45) is 0.820. The fourth-order valence-corrected chi connectivity index (χ4v) is 4.62. The van der Waals surface area contributed by atoms with Gasteiger partial charge in [0.2, 0.25) is 10.0 Å². The summed E-state index contributed by atoms with van der Waals surface area (Å²) in [5, 5.41) is 4.77. The Kier molecular flexibility index (Phi) is 7.11. The third-order valence-corrected chi connectivity index (χ3v) is 5.85. The monoisotopic (exact) mass is 319 g/mol. The Hall–Kier alpha value is -0.470. The molecule has 1 heterocycles. The predicted octanol–water partition coefficient (Wildman–Crippen LogP) is 1.43. The molecule has 0 unspecified atom stereocenters. The number of nitrogens with zero attached hydrogens (tertiary/aromatic N) is 2. The molecule has 1 aromatic heterocycles. The van der Waals surface area contributed by atoms with Crippen LogP contribution in [0.15, 0.2) is 16.3 Å². The van der Waals surface area contributed by atoms with Crippen molar-refractivity contribution in [1.82, 2.24) is 14.5 Å². The lowest BCUT2D eigenvalue weighted by molar-refractivity contribution is 0.333. The van der Waals surface area contributed by atoms with Gasteiger partial charge in [-0.05, 0) is 33.6 Å². The van der Waals surface area contributed by atoms with E-state index in [9.17, 15) is 8.42 Å². The molecule has 116 valence electrons. The number of likely N-dealkylation sites (N-methyl/N-ethyl adjacent to an activating group) is 1. The van der Waals surface area contributed by atoms with E-state index < -0.39 is 10.0 Å². The maximum absolute atomic E-state index is 12.6. The molecule has 0 aliphatic carbocycles. The molecule has 0 aromatic carbocycles. The average Bonchev–Trinajstić information content (AvgIpc) is 2.83. The Morgan fingerprint density at radius 1 is 1.25 bits per heavy atom. The van der Waals surface area contributed by atoms with Crippen LogP contribution in [0.25, 0.3) is 0 Å². The van der Waals surface area contributed by atoms with E-state index in [0.717, 1.165) is 17.8 Å². The van der Waals surface area contributed by atoms with Crippen molar-refractivity contribution in [3.05, 3.63) is 16.3 Å². The molecule has 0 fully saturated rings. The summed E-state index contributed by atoms with van der Waals surface area (Å²) in [6, 6.07) is 1.77. The van der Waals surface area contributed by atoms with Crippen molar-refractivity contribution in [2.24, 2.45) is 0 Å². The van der Waals surface area contributed by atoms with E-state index in [4.69, 9.17) is 0 Å². The molecule has 5 nitrogen and oxygen atoms in total. The first-order chi connectivity index (χ1) is 9.41. The van der Waals surface area contributed by atoms with Crippen LogP contribution in [0, 0.1) is 0 Å². The van der Waals surface area contributed by atoms with E-state index in [1.807, 2.05) is 33.0 Å². The first-order valence-corrected chi connectivity index (χ1v) is 9.10. The molecule has 1 rings (SSSR count). The van der Waals surface area contributed by atoms with Gasteiger partial charge in [-0.25, -0.2) is 8.42 Å². The highest BCUT2D eigenvalue weighted by Gasteiger charge is 2.24. The van der Waals surface area contributed by atoms with Gasteiger partial charge in [0.15, 0.2) is 0 Å². The Morgan fingerprint density at radius 2 is 1.95 bits per heavy atom. The molecular formula is C13H25N3O2S2. The highest BCUT2D eigenvalue weighted by atomic mass is 32.2. The number of nitrogens with one attached hydrogen (secondary N) is 1. The van der Waals surface area contributed by atoms with E-state index >= 15 is 0 Å². The summed E-state index contributed by atoms with van der Waals surface area (Å²) in [7, 11) is 2.39. The van der Waals surface area contributed by atoms with Crippen molar-refractivity contribution in [2.75, 3.05) is 40.8 Å². The number of hydrogen-bond donors (Lipinski definition) is 1. The largest absolute Gasteiger partial charge is 0.315 e. The second-order valence-corrected chi connectivity index (χ2v) is 7.92. The molecule has 1 aromatic rings. The zero-order chi connectivity index (χ0) is 15.2. The first kappa shape index (κ1) is 17.6. The average molecular weight is 319 g/mol. The fourth-order valence-electron chi connectivity index (χ4n) is 1.82. The van der Waals surface area contributed by atoms with Crippen molar-refractivity contribution in [2.45, 2.75) is 24.8 Å². The van der Waals surface area contributed by atoms with Crippen molar-refractivity contribution < 1.29 is 8.42 Å². The van der Waals surface area contributed by atoms with Crippen LogP contribution in [0.5, 0.6) is 0 Å². The van der Waals surface area contributed by atoms with E-state index in [1.165, 1.54) is 11.3 Å². The van der Waals surface area contributed by atoms with Crippen molar-refractivity contribution >= 4 is 21.4 Å². The minimum absolute atomic E-state index is 0.417. The number of rotatable bonds is 9. The van der Waals surface area contributed by atoms with Crippen LogP contribution in [0.3, 0.4) is 0 Å². The zero-order valence-corrected chi connectivity index (χ0v) is 14.4. The van der Waals surface area contributed by atoms with Crippen LogP contribution >= 0.6 is 11.3 Å². The molecule has 1 N–H and O–H groups in total. The van der Waals surface area contributed by atoms with Gasteiger partial charge >= 0.3 is 0 Å². The number of sulfonamides is 1. The first-order valence-electron chi connectivity index (χ1n) is 6.78. The molecule has 0 saturated carbocycles. The van der Waals surface area contributed by atoms with Crippen LogP contribution in [-0.2, 0) is 16.6 Å². The maximum atomic E-state index is 12.6. The molecule has 0 spiro atoms. The Bertz CT molecular complexity index is 497. The molecule has 0 amide bonds. The Morgan fingerprint density at radius 3 is 2.50 bits per heavy atom. The van der Waals surface area contributed by atoms with Crippen LogP contribution in [0.2, 0.25) is 0 Å². The number of hydrogen-bond acceptors (Lipinski definition) is 5. The quantitative estimate of drug-likeness (QED) is 0.748. The fraction of sp³-hybridized carbons (Fsp3) is 0.692. The summed E-state index contributed by atoms with van der Waals surface area (Å²) in [5.74, 6) is 0. The summed E-state index contributed by atoms with van der Waals surface area (Å²) >= 11 is 1.48. The van der Waals surface area contributed by atoms with E-state index in [0.29, 0.717) is 24.5 Å². The molecule has 0 saturated heterocycles. The highest BCUT2D eigenvalue weighted by molar-refractivity contribution is 7.89. The standard InChI is InChI=1S/C13H25N3O2S2/c1-5-6-16(8-7-15(3)4)20(17,18)13-9-12(10-14-2)19-11-13/h9,11,14H,5-8,10H2,1-4H3. The van der Waals surface area contributed by atoms with E-state index in [1.54, 1.807) is 15.8 Å². The van der Waals surface area contributed by atoms with Gasteiger partial charge in [-0.15, -0.1) is 11.3 Å². The zero-order valence-electron chi connectivity index (χ0n) is 12.7. The maximum Gasteiger partial charge on any atom is 0.243 e. The van der Waals surface area contributed by atoms with Gasteiger partial charge in [-0.1, -0.05) is 6.92 Å². The lowest BCUT2D eigenvalue weighted by Crippen LogP contribution is -2.37. The molecule has 20 heavy (non-hydrogen) atoms. The van der Waals surface area contributed by atoms with Gasteiger partial charge in [0, 0.05) is 36.4 Å². The summed E-state index contributed by atoms with van der Waals surface area (Å²) in [5.41, 5.74) is 0. The van der Waals surface area contributed by atoms with Gasteiger partial charge in [0.1, 0.15) is 0 Å². The minimum atomic E-state index is -3.37. The van der Waals surface area contributed by atoms with Crippen molar-refractivity contribution in [3.8, 4) is 0 Å². The van der Waals surface area contributed by atoms with Crippen LogP contribution in [0.4, 0.5) is 0 Å². The smallest absolute Gasteiger partial charge is 0.243 e. The number of thiophene rings is 1. The van der Waals surface area contributed by atoms with Gasteiger partial charge in [0.25, 0.3) is 0 Å². The topological polar surface area (TPSA) is 52.7 Å². The minimum Gasteiger partial charge on any atom is -0.315 e. The molecule has 0 aliphatic rings. The van der Waals surface area contributed by atoms with Crippen molar-refractivity contribution in [1.29, 1.82) is 0 Å². The third kappa shape index (κ3) is 4.82. The molecule has 0 aliphatic heterocycles. The second-order valence-electron chi connectivity index (χ2n) is 4.99. The van der Waals surface area contributed by atoms with E-state index in [-0.39, 0.29) is 0 Å². The van der Waals surface area contributed by atoms with Crippen LogP contribution in [-0.4, -0.2) is 58.4 Å². The molecule has 7 heteroatoms. The summed E-state index contributed by atoms with van der Waals surface area (Å²) in [6.45, 7) is 4.52. The third-order valence-electron chi connectivity index (χ3n) is 2.89. The van der Waals surface area contributed by atoms with Gasteiger partial charge in [0.05, 0.1) is 4.90 Å². The molecular weight excluding hydrogens is 294 g/mol. The second kappa shape index (κ2) is 8.09. The highest BCUT2D eigenvalue weighted by Crippen LogP contribution is 2.22. The van der Waals surface area contributed by atoms with Crippen LogP contribution in [0.1, 0.15) is 18.2 Å². The molecule has 0 bridgehead atoms. The van der Waals surface area contributed by atoms with Crippen LogP contribution < -0.4 is 5.32 Å². The van der Waals surface area contributed by atoms with Gasteiger partial charge in [-0.3, -0.25) is 0 Å². The van der Waals surface area contributed by atoms with Gasteiger partial charge < -0.3 is 10.2 Å².